The smallest absolute Gasteiger partial charge is 0.309 e. The van der Waals surface area contributed by atoms with Crippen molar-refractivity contribution >= 4 is 17.9 Å². The molecule has 0 aromatic carbocycles. The van der Waals surface area contributed by atoms with E-state index in [0.717, 1.165) is 64.2 Å². The second kappa shape index (κ2) is 31.2. The van der Waals surface area contributed by atoms with Crippen LogP contribution in [0.25, 0.3) is 0 Å². The van der Waals surface area contributed by atoms with E-state index in [1.807, 2.05) is 0 Å². The number of unbranched alkanes of at least 4 members (excludes halogenated alkanes) is 2. The molecule has 0 amide bonds. The van der Waals surface area contributed by atoms with Gasteiger partial charge in [-0.05, 0) is 53.4 Å². The van der Waals surface area contributed by atoms with E-state index in [4.69, 9.17) is 61.6 Å². The Labute approximate surface area is 469 Å². The third-order valence-electron chi connectivity index (χ3n) is 16.2. The molecule has 0 aromatic rings. The van der Waals surface area contributed by atoms with E-state index in [-0.39, 0.29) is 18.9 Å². The SMILES string of the molecule is CCCCC[C@H]1CCCCCCCCCC(=O)O[C@H]2[C@@H](O)[C@H](O[C@@H]3[C@@H](O)[C@@H](O)[C@H](O1)O[C@H]3C)O[C@@H](C)[C@@H]2O[C@@H]1O[C@@H](C)[C@H](O[C@@H]2O[C@@H](C)[C@H](OC(=O)C(C)C)[C@@H](O)[C@H]2O)[C@@H](O[C@@H]2O[C@H](CO)[C@@H](O)[C@H](O)[C@H]2O)[C@H]1OC(=O)[C@@H](C)CC. The Bertz CT molecular complexity index is 1880. The van der Waals surface area contributed by atoms with Gasteiger partial charge in [-0.1, -0.05) is 92.4 Å². The molecule has 7 aliphatic heterocycles. The highest BCUT2D eigenvalue weighted by molar-refractivity contribution is 5.72. The molecule has 25 heteroatoms. The molecule has 0 radical (unpaired) electrons. The molecule has 4 bridgehead atoms. The number of carbonyl (C=O) groups is 3. The highest BCUT2D eigenvalue weighted by atomic mass is 16.8. The summed E-state index contributed by atoms with van der Waals surface area (Å²) in [5.74, 6) is -3.57. The van der Waals surface area contributed by atoms with Crippen LogP contribution in [0.3, 0.4) is 0 Å². The molecular formula is C55H94O25. The number of aliphatic hydroxyl groups excluding tert-OH is 9. The molecule has 27 atom stereocenters. The van der Waals surface area contributed by atoms with Crippen LogP contribution < -0.4 is 0 Å². The third kappa shape index (κ3) is 16.7. The van der Waals surface area contributed by atoms with Crippen molar-refractivity contribution in [3.05, 3.63) is 0 Å². The number of esters is 3. The minimum Gasteiger partial charge on any atom is -0.457 e. The quantitative estimate of drug-likeness (QED) is 0.0592. The molecule has 7 aliphatic rings. The predicted octanol–water partition coefficient (Wildman–Crippen LogP) is 1.04. The number of ether oxygens (including phenoxy) is 13. The second-order valence-electron chi connectivity index (χ2n) is 22.9. The fraction of sp³-hybridized carbons (Fsp3) is 0.945. The van der Waals surface area contributed by atoms with Crippen LogP contribution in [-0.2, 0) is 76.0 Å². The van der Waals surface area contributed by atoms with Gasteiger partial charge < -0.3 is 108 Å². The first kappa shape index (κ1) is 66.8. The Hall–Kier alpha value is -2.35. The Morgan fingerprint density at radius 2 is 1.09 bits per heavy atom. The normalized spacial score (nSPS) is 44.3. The fourth-order valence-electron chi connectivity index (χ4n) is 10.9. The summed E-state index contributed by atoms with van der Waals surface area (Å²) in [6.07, 6.45) is -29.4. The summed E-state index contributed by atoms with van der Waals surface area (Å²) in [7, 11) is 0. The van der Waals surface area contributed by atoms with Gasteiger partial charge in [0.05, 0.1) is 49.0 Å². The van der Waals surface area contributed by atoms with Crippen LogP contribution in [0, 0.1) is 11.8 Å². The Morgan fingerprint density at radius 3 is 1.75 bits per heavy atom. The van der Waals surface area contributed by atoms with Gasteiger partial charge in [0, 0.05) is 6.42 Å². The summed E-state index contributed by atoms with van der Waals surface area (Å²) in [5.41, 5.74) is 0. The predicted molar refractivity (Wildman–Crippen MR) is 275 cm³/mol. The maximum atomic E-state index is 14.0. The second-order valence-corrected chi connectivity index (χ2v) is 22.9. The standard InChI is InChI=1S/C55H94O25/c1-10-12-18-21-31-22-19-16-14-13-15-17-20-23-33(57)74-46-41(65)54(77-43-28(7)68-51(72-31)39(63)37(43)61)70-29(8)44(46)79-55-48(76-50(67)26(5)11-2)47(80-53-38(62)35(59)34(58)32(24-56)73-53)45(30(9)71-55)78-52-40(64)36(60)42(27(6)69-52)75-49(66)25(3)4/h25-32,34-48,51-56,58-65H,10-24H2,1-9H3/t26-,27-,28-,29-,30-,31-,32+,34+,35-,36-,37-,38+,39+,40+,41+,42-,43-,44-,45-,46-,47+,48+,51-,52-,53-,54-,55-/m0/s1. The van der Waals surface area contributed by atoms with Gasteiger partial charge in [0.15, 0.2) is 49.8 Å². The summed E-state index contributed by atoms with van der Waals surface area (Å²) in [6, 6.07) is 0. The van der Waals surface area contributed by atoms with Crippen molar-refractivity contribution in [2.24, 2.45) is 11.8 Å². The Balaban J connectivity index is 1.34. The van der Waals surface area contributed by atoms with E-state index in [0.29, 0.717) is 12.8 Å². The monoisotopic (exact) mass is 1150 g/mol. The molecular weight excluding hydrogens is 1060 g/mol. The molecule has 7 rings (SSSR count). The lowest BCUT2D eigenvalue weighted by Crippen LogP contribution is -2.68. The fourth-order valence-corrected chi connectivity index (χ4v) is 10.9. The minimum atomic E-state index is -2.02. The first-order valence-corrected chi connectivity index (χ1v) is 29.2. The van der Waals surface area contributed by atoms with Gasteiger partial charge in [0.1, 0.15) is 79.4 Å². The average Bonchev–Trinajstić information content (AvgIpc) is 3.45. The van der Waals surface area contributed by atoms with Gasteiger partial charge in [-0.15, -0.1) is 0 Å². The summed E-state index contributed by atoms with van der Waals surface area (Å²) < 4.78 is 80.6. The number of aliphatic hydroxyl groups is 9. The summed E-state index contributed by atoms with van der Waals surface area (Å²) in [5, 5.41) is 101. The van der Waals surface area contributed by atoms with Crippen molar-refractivity contribution in [2.75, 3.05) is 6.61 Å². The van der Waals surface area contributed by atoms with E-state index in [2.05, 4.69) is 6.92 Å². The van der Waals surface area contributed by atoms with Crippen molar-refractivity contribution in [3.8, 4) is 0 Å². The maximum Gasteiger partial charge on any atom is 0.309 e. The summed E-state index contributed by atoms with van der Waals surface area (Å²) in [4.78, 5) is 40.5. The number of hydrogen-bond donors (Lipinski definition) is 9. The molecule has 7 fully saturated rings. The van der Waals surface area contributed by atoms with Crippen LogP contribution in [-0.4, -0.2) is 230 Å². The Morgan fingerprint density at radius 1 is 0.525 bits per heavy atom. The zero-order valence-corrected chi connectivity index (χ0v) is 47.8. The van der Waals surface area contributed by atoms with E-state index >= 15 is 0 Å². The molecule has 0 aromatic heterocycles. The van der Waals surface area contributed by atoms with Crippen LogP contribution in [0.15, 0.2) is 0 Å². The molecule has 0 saturated carbocycles. The van der Waals surface area contributed by atoms with E-state index in [1.54, 1.807) is 34.6 Å². The lowest BCUT2D eigenvalue weighted by molar-refractivity contribution is -0.398. The van der Waals surface area contributed by atoms with Gasteiger partial charge in [0.25, 0.3) is 0 Å². The highest BCUT2D eigenvalue weighted by Gasteiger charge is 2.59. The van der Waals surface area contributed by atoms with Gasteiger partial charge in [-0.2, -0.15) is 0 Å². The minimum absolute atomic E-state index is 0.0449. The van der Waals surface area contributed by atoms with Crippen molar-refractivity contribution in [1.82, 2.24) is 0 Å². The first-order chi connectivity index (χ1) is 38.0. The number of fused-ring (bicyclic) bond motifs is 14. The number of hydrogen-bond acceptors (Lipinski definition) is 25. The molecule has 80 heavy (non-hydrogen) atoms. The van der Waals surface area contributed by atoms with Gasteiger partial charge in [-0.25, -0.2) is 0 Å². The molecule has 7 saturated heterocycles. The van der Waals surface area contributed by atoms with E-state index in [9.17, 15) is 60.3 Å². The zero-order chi connectivity index (χ0) is 58.7. The molecule has 0 unspecified atom stereocenters. The molecule has 0 aliphatic carbocycles. The topological polar surface area (TPSA) is 353 Å². The molecule has 25 nitrogen and oxygen atoms in total. The third-order valence-corrected chi connectivity index (χ3v) is 16.2. The lowest BCUT2D eigenvalue weighted by atomic mass is 9.95. The van der Waals surface area contributed by atoms with Gasteiger partial charge in [-0.3, -0.25) is 14.4 Å². The highest BCUT2D eigenvalue weighted by Crippen LogP contribution is 2.39. The summed E-state index contributed by atoms with van der Waals surface area (Å²) >= 11 is 0. The molecule has 464 valence electrons. The summed E-state index contributed by atoms with van der Waals surface area (Å²) in [6.45, 7) is 13.8. The molecule has 7 heterocycles. The van der Waals surface area contributed by atoms with Gasteiger partial charge in [0.2, 0.25) is 0 Å². The van der Waals surface area contributed by atoms with Crippen LogP contribution in [0.2, 0.25) is 0 Å². The molecule has 9 N–H and O–H groups in total. The van der Waals surface area contributed by atoms with Crippen molar-refractivity contribution in [3.63, 3.8) is 0 Å². The van der Waals surface area contributed by atoms with Crippen molar-refractivity contribution in [1.29, 1.82) is 0 Å². The van der Waals surface area contributed by atoms with E-state index < -0.39 is 190 Å². The molecule has 0 spiro atoms. The van der Waals surface area contributed by atoms with Crippen molar-refractivity contribution in [2.45, 2.75) is 312 Å². The largest absolute Gasteiger partial charge is 0.457 e. The number of rotatable bonds is 16. The van der Waals surface area contributed by atoms with Gasteiger partial charge >= 0.3 is 17.9 Å². The van der Waals surface area contributed by atoms with Crippen LogP contribution in [0.4, 0.5) is 0 Å². The Kier molecular flexibility index (Phi) is 26.0. The van der Waals surface area contributed by atoms with Crippen LogP contribution >= 0.6 is 0 Å². The van der Waals surface area contributed by atoms with Crippen molar-refractivity contribution < 1.29 is 122 Å². The zero-order valence-electron chi connectivity index (χ0n) is 47.8. The lowest BCUT2D eigenvalue weighted by Gasteiger charge is -2.51. The van der Waals surface area contributed by atoms with Crippen LogP contribution in [0.1, 0.15) is 152 Å². The number of carbonyl (C=O) groups excluding carboxylic acids is 3. The van der Waals surface area contributed by atoms with Crippen LogP contribution in [0.5, 0.6) is 0 Å². The first-order valence-electron chi connectivity index (χ1n) is 29.2. The maximum absolute atomic E-state index is 14.0. The van der Waals surface area contributed by atoms with E-state index in [1.165, 1.54) is 20.8 Å². The average molecular weight is 1160 g/mol.